The van der Waals surface area contributed by atoms with E-state index >= 15 is 0 Å². The van der Waals surface area contributed by atoms with Gasteiger partial charge in [0.1, 0.15) is 5.58 Å². The first-order valence-corrected chi connectivity index (χ1v) is 28.4. The molecule has 0 saturated carbocycles. The number of fused-ring (bicyclic) bond motifs is 4. The Morgan fingerprint density at radius 2 is 1.41 bits per heavy atom. The smallest absolute Gasteiger partial charge is 0.142 e. The van der Waals surface area contributed by atoms with E-state index in [1.165, 1.54) is 37.8 Å². The molecule has 7 heteroatoms. The molecule has 311 valence electrons. The third-order valence-corrected chi connectivity index (χ3v) is 15.7. The van der Waals surface area contributed by atoms with Gasteiger partial charge in [-0.05, 0) is 71.7 Å². The molecular weight excluding hydrogens is 985 g/mol. The second kappa shape index (κ2) is 18.1. The van der Waals surface area contributed by atoms with Crippen molar-refractivity contribution >= 4 is 50.6 Å². The summed E-state index contributed by atoms with van der Waals surface area (Å²) in [7, 11) is 0. The molecule has 9 aromatic rings. The van der Waals surface area contributed by atoms with E-state index in [0.29, 0.717) is 18.4 Å². The molecule has 4 aromatic heterocycles. The molecule has 0 unspecified atom stereocenters. The van der Waals surface area contributed by atoms with E-state index < -0.39 is 13.3 Å². The van der Waals surface area contributed by atoms with Crippen molar-refractivity contribution in [1.82, 2.24) is 19.5 Å². The van der Waals surface area contributed by atoms with Gasteiger partial charge in [0, 0.05) is 37.7 Å². The second-order valence-corrected chi connectivity index (χ2v) is 28.4. The minimum absolute atomic E-state index is 0. The van der Waals surface area contributed by atoms with E-state index in [9.17, 15) is 0 Å². The van der Waals surface area contributed by atoms with Gasteiger partial charge in [0.2, 0.25) is 0 Å². The predicted octanol–water partition coefficient (Wildman–Crippen LogP) is 13.8. The van der Waals surface area contributed by atoms with Crippen molar-refractivity contribution in [2.75, 3.05) is 0 Å². The zero-order valence-corrected chi connectivity index (χ0v) is 41.4. The molecule has 1 radical (unpaired) electrons. The number of aromatic nitrogens is 4. The molecule has 0 atom stereocenters. The number of hydrogen-bond donors (Lipinski definition) is 0. The van der Waals surface area contributed by atoms with Crippen LogP contribution in [0.3, 0.4) is 0 Å². The van der Waals surface area contributed by atoms with Gasteiger partial charge in [-0.2, -0.15) is 0 Å². The van der Waals surface area contributed by atoms with Crippen LogP contribution in [0.2, 0.25) is 17.3 Å². The van der Waals surface area contributed by atoms with Gasteiger partial charge in [-0.3, -0.25) is 9.97 Å². The Morgan fingerprint density at radius 3 is 2.05 bits per heavy atom. The van der Waals surface area contributed by atoms with E-state index in [4.69, 9.17) is 9.40 Å². The van der Waals surface area contributed by atoms with Crippen molar-refractivity contribution in [2.45, 2.75) is 84.1 Å². The van der Waals surface area contributed by atoms with E-state index in [-0.39, 0.29) is 20.1 Å². The monoisotopic (exact) mass is 1040 g/mol. The van der Waals surface area contributed by atoms with Gasteiger partial charge in [-0.15, -0.1) is 18.2 Å². The number of imidazole rings is 1. The van der Waals surface area contributed by atoms with Crippen LogP contribution >= 0.6 is 0 Å². The summed E-state index contributed by atoms with van der Waals surface area (Å²) in [5.74, 6) is 8.74. The van der Waals surface area contributed by atoms with Crippen molar-refractivity contribution < 1.29 is 24.5 Å². The topological polar surface area (TPSA) is 56.7 Å². The number of rotatable bonds is 8. The quantitative estimate of drug-likeness (QED) is 0.112. The maximum Gasteiger partial charge on any atom is 0.142 e. The summed E-state index contributed by atoms with van der Waals surface area (Å²) in [6.45, 7) is 16.0. The van der Waals surface area contributed by atoms with Crippen LogP contribution in [0, 0.1) is 32.9 Å². The van der Waals surface area contributed by atoms with Crippen LogP contribution in [0.4, 0.5) is 0 Å². The molecule has 0 bridgehead atoms. The molecule has 0 fully saturated rings. The van der Waals surface area contributed by atoms with Crippen LogP contribution in [0.1, 0.15) is 73.2 Å². The number of benzene rings is 5. The normalized spacial score (nSPS) is 11.7. The summed E-state index contributed by atoms with van der Waals surface area (Å²) in [6, 6.07) is 47.4. The molecule has 5 aromatic carbocycles. The Labute approximate surface area is 377 Å². The zero-order valence-electron chi connectivity index (χ0n) is 36.9. The average molecular weight is 1040 g/mol. The van der Waals surface area contributed by atoms with Crippen LogP contribution in [-0.4, -0.2) is 32.8 Å². The fourth-order valence-electron chi connectivity index (χ4n) is 8.19. The summed E-state index contributed by atoms with van der Waals surface area (Å²) in [4.78, 5) is 14.4. The molecule has 61 heavy (non-hydrogen) atoms. The number of furan rings is 1. The van der Waals surface area contributed by atoms with Crippen molar-refractivity contribution in [3.63, 3.8) is 0 Å². The molecule has 0 amide bonds. The summed E-state index contributed by atoms with van der Waals surface area (Å²) >= 11 is -1.73. The molecule has 0 spiro atoms. The molecular formula is C54H54GeIrN4O-2. The molecule has 0 aliphatic carbocycles. The van der Waals surface area contributed by atoms with Crippen LogP contribution in [0.5, 0.6) is 0 Å². The van der Waals surface area contributed by atoms with E-state index in [1.807, 2.05) is 32.2 Å². The minimum Gasteiger partial charge on any atom is -0.499 e. The van der Waals surface area contributed by atoms with Gasteiger partial charge < -0.3 is 8.98 Å². The minimum atomic E-state index is -1.73. The van der Waals surface area contributed by atoms with Gasteiger partial charge in [0.25, 0.3) is 0 Å². The molecule has 0 N–H and O–H groups in total. The van der Waals surface area contributed by atoms with Crippen molar-refractivity contribution in [3.8, 4) is 33.8 Å². The van der Waals surface area contributed by atoms with E-state index in [1.54, 1.807) is 0 Å². The Bertz CT molecular complexity index is 2930. The number of aryl methyl sites for hydroxylation is 3. The fraction of sp³-hybridized carbons (Fsp3) is 0.241. The third kappa shape index (κ3) is 9.09. The summed E-state index contributed by atoms with van der Waals surface area (Å²) in [5.41, 5.74) is 16.4. The van der Waals surface area contributed by atoms with Crippen molar-refractivity contribution in [1.29, 1.82) is 0 Å². The average Bonchev–Trinajstić information content (AvgIpc) is 3.80. The maximum absolute atomic E-state index is 6.57. The number of pyridine rings is 2. The van der Waals surface area contributed by atoms with Gasteiger partial charge in [-0.1, -0.05) is 93.2 Å². The van der Waals surface area contributed by atoms with Crippen LogP contribution in [-0.2, 0) is 26.7 Å². The number of nitrogens with zero attached hydrogens (tertiary/aromatic N) is 4. The Balaban J connectivity index is 0.000000262. The van der Waals surface area contributed by atoms with Crippen LogP contribution in [0.15, 0.2) is 126 Å². The largest absolute Gasteiger partial charge is 0.499 e. The van der Waals surface area contributed by atoms with Crippen molar-refractivity contribution in [2.24, 2.45) is 0 Å². The predicted molar refractivity (Wildman–Crippen MR) is 254 cm³/mol. The summed E-state index contributed by atoms with van der Waals surface area (Å²) < 4.78 is 10.4. The van der Waals surface area contributed by atoms with Gasteiger partial charge in [-0.25, -0.2) is 0 Å². The second-order valence-electron chi connectivity index (χ2n) is 17.7. The molecule has 5 nitrogen and oxygen atoms in total. The Kier molecular flexibility index (Phi) is 13.0. The summed E-state index contributed by atoms with van der Waals surface area (Å²) in [6.07, 6.45) is 2.04. The molecule has 4 heterocycles. The number of para-hydroxylation sites is 2. The van der Waals surface area contributed by atoms with Gasteiger partial charge in [0.15, 0.2) is 0 Å². The third-order valence-electron chi connectivity index (χ3n) is 11.5. The SMILES string of the molecule is Cc1c[c-]c(-c2cc[c]([Ge]([CH3])([CH3])[CH3])cn2)cc1.Cc1cc2c(oc3c(-c4nc5ccccc5n4Cc4c(C(C)C)cc(-c5ccccc5)cc4C(C)C)[c-]ccc32)c(C)n1.[Ir]. The van der Waals surface area contributed by atoms with Gasteiger partial charge >= 0.3 is 106 Å². The van der Waals surface area contributed by atoms with Gasteiger partial charge in [0.05, 0.1) is 28.1 Å². The summed E-state index contributed by atoms with van der Waals surface area (Å²) in [5, 5.41) is 2.15. The number of hydrogen-bond acceptors (Lipinski definition) is 4. The van der Waals surface area contributed by atoms with Crippen LogP contribution < -0.4 is 4.40 Å². The first kappa shape index (κ1) is 43.9. The zero-order chi connectivity index (χ0) is 42.3. The Morgan fingerprint density at radius 1 is 0.705 bits per heavy atom. The first-order chi connectivity index (χ1) is 28.8. The Hall–Kier alpha value is -5.14. The molecule has 9 rings (SSSR count). The van der Waals surface area contributed by atoms with E-state index in [0.717, 1.165) is 67.0 Å². The molecule has 0 saturated heterocycles. The molecule has 0 aliphatic rings. The maximum atomic E-state index is 6.57. The fourth-order valence-corrected chi connectivity index (χ4v) is 10.4. The molecule has 0 aliphatic heterocycles. The standard InChI is InChI=1S/C39H36N3O.C15H18GeN.Ir/c1-23(2)31-20-28(27-13-8-7-9-14-27)21-32(24(3)4)34(31)22-42-36-18-11-10-17-35(36)41-39(42)30-16-12-15-29-33-19-25(5)40-26(6)37(33)43-38(29)30;1-12-5-7-13(8-6-12)15-10-9-14(11-17-15)16(2,3)4;/h7-15,17-21,23-24H,22H2,1-6H3;5-7,9-11H,1-4H3;/q2*-1;. The first-order valence-electron chi connectivity index (χ1n) is 21.1. The van der Waals surface area contributed by atoms with E-state index in [2.05, 4.69) is 182 Å². The van der Waals surface area contributed by atoms with Crippen LogP contribution in [0.25, 0.3) is 66.7 Å². The van der Waals surface area contributed by atoms with Crippen molar-refractivity contribution in [3.05, 3.63) is 167 Å².